The number of benzene rings is 3. The number of carbonyl (C=O) groups is 2. The van der Waals surface area contributed by atoms with E-state index in [4.69, 9.17) is 0 Å². The molecule has 0 spiro atoms. The minimum Gasteiger partial charge on any atom is -0.389 e. The van der Waals surface area contributed by atoms with Gasteiger partial charge in [-0.1, -0.05) is 24.3 Å². The minimum atomic E-state index is -1.05. The second kappa shape index (κ2) is 10.5. The van der Waals surface area contributed by atoms with Crippen molar-refractivity contribution in [2.45, 2.75) is 51.4 Å². The molecule has 3 N–H and O–H groups in total. The molecule has 0 bridgehead atoms. The zero-order chi connectivity index (χ0) is 25.1. The van der Waals surface area contributed by atoms with Crippen LogP contribution in [0, 0.1) is 18.6 Å². The molecule has 0 radical (unpaired) electrons. The van der Waals surface area contributed by atoms with Crippen molar-refractivity contribution in [2.75, 3.05) is 0 Å². The summed E-state index contributed by atoms with van der Waals surface area (Å²) < 4.78 is 27.7. The molecular formula is C28H28F2N2O3. The maximum atomic E-state index is 13.9. The first-order valence-electron chi connectivity index (χ1n) is 11.6. The van der Waals surface area contributed by atoms with Crippen LogP contribution in [-0.4, -0.2) is 35.0 Å². The van der Waals surface area contributed by atoms with Gasteiger partial charge in [0.25, 0.3) is 5.91 Å². The fraction of sp³-hybridized carbons (Fsp3) is 0.286. The van der Waals surface area contributed by atoms with Crippen molar-refractivity contribution in [1.29, 1.82) is 0 Å². The molecule has 3 aromatic rings. The van der Waals surface area contributed by atoms with Crippen LogP contribution in [0.4, 0.5) is 8.78 Å². The molecule has 0 saturated carbocycles. The van der Waals surface area contributed by atoms with Crippen LogP contribution in [0.5, 0.6) is 0 Å². The lowest BCUT2D eigenvalue weighted by Gasteiger charge is -2.34. The molecule has 0 aromatic heterocycles. The fourth-order valence-electron chi connectivity index (χ4n) is 4.61. The number of fused-ring (bicyclic) bond motifs is 1. The van der Waals surface area contributed by atoms with Gasteiger partial charge in [0, 0.05) is 29.8 Å². The quantitative estimate of drug-likeness (QED) is 0.450. The zero-order valence-corrected chi connectivity index (χ0v) is 19.6. The van der Waals surface area contributed by atoms with Gasteiger partial charge >= 0.3 is 0 Å². The van der Waals surface area contributed by atoms with Crippen molar-refractivity contribution in [1.82, 2.24) is 10.6 Å². The summed E-state index contributed by atoms with van der Waals surface area (Å²) in [5.74, 6) is -2.10. The zero-order valence-electron chi connectivity index (χ0n) is 19.6. The van der Waals surface area contributed by atoms with Crippen LogP contribution in [0.25, 0.3) is 0 Å². The molecule has 35 heavy (non-hydrogen) atoms. The lowest BCUT2D eigenvalue weighted by molar-refractivity contribution is 0.0688. The summed E-state index contributed by atoms with van der Waals surface area (Å²) in [7, 11) is 0. The number of amides is 1. The average molecular weight is 479 g/mol. The Morgan fingerprint density at radius 1 is 1.03 bits per heavy atom. The highest BCUT2D eigenvalue weighted by atomic mass is 19.1. The summed E-state index contributed by atoms with van der Waals surface area (Å²) in [5.41, 5.74) is 3.99. The lowest BCUT2D eigenvalue weighted by atomic mass is 9.88. The maximum Gasteiger partial charge on any atom is 0.251 e. The van der Waals surface area contributed by atoms with Crippen molar-refractivity contribution in [2.24, 2.45) is 0 Å². The number of aryl methyl sites for hydroxylation is 1. The molecule has 0 fully saturated rings. The number of ketones is 1. The molecular weight excluding hydrogens is 450 g/mol. The number of rotatable bonds is 7. The van der Waals surface area contributed by atoms with Crippen molar-refractivity contribution < 1.29 is 23.5 Å². The molecule has 1 aliphatic heterocycles. The van der Waals surface area contributed by atoms with Gasteiger partial charge in [-0.25, -0.2) is 8.78 Å². The summed E-state index contributed by atoms with van der Waals surface area (Å²) in [6.07, 6.45) is -0.483. The smallest absolute Gasteiger partial charge is 0.251 e. The summed E-state index contributed by atoms with van der Waals surface area (Å²) in [5, 5.41) is 17.5. The van der Waals surface area contributed by atoms with Crippen molar-refractivity contribution in [3.63, 3.8) is 0 Å². The Balaban J connectivity index is 1.61. The molecule has 5 nitrogen and oxygen atoms in total. The molecule has 1 heterocycles. The number of hydrogen-bond donors (Lipinski definition) is 3. The Morgan fingerprint density at radius 2 is 1.69 bits per heavy atom. The highest BCUT2D eigenvalue weighted by Gasteiger charge is 2.32. The topological polar surface area (TPSA) is 78.4 Å². The molecule has 0 saturated heterocycles. The minimum absolute atomic E-state index is 0.0206. The summed E-state index contributed by atoms with van der Waals surface area (Å²) in [6.45, 7) is 3.77. The van der Waals surface area contributed by atoms with Crippen molar-refractivity contribution >= 4 is 11.7 Å². The van der Waals surface area contributed by atoms with E-state index in [9.17, 15) is 23.5 Å². The van der Waals surface area contributed by atoms with E-state index in [1.54, 1.807) is 19.1 Å². The van der Waals surface area contributed by atoms with Crippen LogP contribution in [0.1, 0.15) is 49.9 Å². The van der Waals surface area contributed by atoms with E-state index >= 15 is 0 Å². The van der Waals surface area contributed by atoms with Crippen LogP contribution in [0.2, 0.25) is 0 Å². The van der Waals surface area contributed by atoms with Gasteiger partial charge < -0.3 is 15.7 Å². The highest BCUT2D eigenvalue weighted by molar-refractivity contribution is 6.00. The first-order valence-corrected chi connectivity index (χ1v) is 11.6. The maximum absolute atomic E-state index is 13.9. The Bertz CT molecular complexity index is 1240. The van der Waals surface area contributed by atoms with Crippen LogP contribution in [0.3, 0.4) is 0 Å². The molecule has 7 heteroatoms. The molecule has 1 aliphatic rings. The van der Waals surface area contributed by atoms with Crippen molar-refractivity contribution in [3.8, 4) is 0 Å². The van der Waals surface area contributed by atoms with Gasteiger partial charge in [0.2, 0.25) is 0 Å². The Kier molecular flexibility index (Phi) is 7.38. The third-order valence-electron chi connectivity index (χ3n) is 6.38. The van der Waals surface area contributed by atoms with E-state index in [0.29, 0.717) is 24.1 Å². The average Bonchev–Trinajstić information content (AvgIpc) is 2.81. The first-order chi connectivity index (χ1) is 16.7. The van der Waals surface area contributed by atoms with Crippen LogP contribution < -0.4 is 10.6 Å². The number of Topliss-reactive ketones (excluding diaryl/α,β-unsaturated/α-hetero) is 1. The molecule has 4 rings (SSSR count). The first kappa shape index (κ1) is 24.7. The number of carbonyl (C=O) groups excluding carboxylic acids is 2. The largest absolute Gasteiger partial charge is 0.389 e. The van der Waals surface area contributed by atoms with Crippen LogP contribution in [0.15, 0.2) is 60.7 Å². The Hall–Kier alpha value is -3.42. The molecule has 182 valence electrons. The summed E-state index contributed by atoms with van der Waals surface area (Å²) in [4.78, 5) is 25.1. The van der Waals surface area contributed by atoms with E-state index < -0.39 is 29.7 Å². The van der Waals surface area contributed by atoms with E-state index in [-0.39, 0.29) is 23.8 Å². The lowest BCUT2D eigenvalue weighted by Crippen LogP contribution is -2.55. The Morgan fingerprint density at radius 3 is 2.37 bits per heavy atom. The Labute approximate surface area is 203 Å². The van der Waals surface area contributed by atoms with Gasteiger partial charge in [-0.15, -0.1) is 0 Å². The van der Waals surface area contributed by atoms with Gasteiger partial charge in [0.15, 0.2) is 5.78 Å². The summed E-state index contributed by atoms with van der Waals surface area (Å²) in [6, 6.07) is 14.7. The summed E-state index contributed by atoms with van der Waals surface area (Å²) >= 11 is 0. The fourth-order valence-corrected chi connectivity index (χ4v) is 4.61. The van der Waals surface area contributed by atoms with E-state index in [1.807, 2.05) is 24.3 Å². The molecule has 0 unspecified atom stereocenters. The number of nitrogens with one attached hydrogen (secondary N) is 2. The number of halogens is 2. The molecule has 0 aliphatic carbocycles. The number of aliphatic hydroxyl groups excluding tert-OH is 1. The predicted octanol–water partition coefficient (Wildman–Crippen LogP) is 3.89. The van der Waals surface area contributed by atoms with Crippen LogP contribution >= 0.6 is 0 Å². The number of hydrogen-bond acceptors (Lipinski definition) is 4. The molecule has 1 amide bonds. The van der Waals surface area contributed by atoms with Gasteiger partial charge in [-0.2, -0.15) is 0 Å². The van der Waals surface area contributed by atoms with Gasteiger partial charge in [-0.05, 0) is 79.3 Å². The van der Waals surface area contributed by atoms with Crippen molar-refractivity contribution in [3.05, 3.63) is 106 Å². The standard InChI is InChI=1S/C28H28F2N2O3/c1-16-7-21(17(2)33)12-22(8-16)28(35)32-26(11-18-9-23(29)14-24(30)10-18)27(34)25-13-19-5-3-4-6-20(19)15-31-25/h3-10,12,14,25-27,31,34H,11,13,15H2,1-2H3,(H,32,35)/t25-,26+,27-/m1/s1. The normalized spacial score (nSPS) is 16.8. The third kappa shape index (κ3) is 5.99. The monoisotopic (exact) mass is 478 g/mol. The second-order valence-corrected chi connectivity index (χ2v) is 9.16. The number of aliphatic hydroxyl groups is 1. The highest BCUT2D eigenvalue weighted by Crippen LogP contribution is 2.21. The predicted molar refractivity (Wildman–Crippen MR) is 129 cm³/mol. The molecule has 3 atom stereocenters. The van der Waals surface area contributed by atoms with E-state index in [0.717, 1.165) is 22.8 Å². The van der Waals surface area contributed by atoms with Gasteiger partial charge in [-0.3, -0.25) is 9.59 Å². The van der Waals surface area contributed by atoms with Crippen LogP contribution in [-0.2, 0) is 19.4 Å². The SMILES string of the molecule is CC(=O)c1cc(C)cc(C(=O)N[C@@H](Cc2cc(F)cc(F)c2)[C@H](O)[C@H]2Cc3ccccc3CN2)c1. The van der Waals surface area contributed by atoms with E-state index in [1.165, 1.54) is 25.1 Å². The second-order valence-electron chi connectivity index (χ2n) is 9.16. The third-order valence-corrected chi connectivity index (χ3v) is 6.38. The van der Waals surface area contributed by atoms with E-state index in [2.05, 4.69) is 10.6 Å². The molecule has 3 aromatic carbocycles. The van der Waals surface area contributed by atoms with Gasteiger partial charge in [0.05, 0.1) is 12.1 Å². The van der Waals surface area contributed by atoms with Gasteiger partial charge in [0.1, 0.15) is 11.6 Å².